The largest absolute Gasteiger partial charge is 0.355 e. The van der Waals surface area contributed by atoms with Crippen molar-refractivity contribution in [2.45, 2.75) is 26.2 Å². The van der Waals surface area contributed by atoms with E-state index < -0.39 is 5.41 Å². The third-order valence-corrected chi connectivity index (χ3v) is 4.97. The lowest BCUT2D eigenvalue weighted by Crippen LogP contribution is -2.40. The van der Waals surface area contributed by atoms with Gasteiger partial charge in [-0.25, -0.2) is 0 Å². The lowest BCUT2D eigenvalue weighted by Gasteiger charge is -2.16. The van der Waals surface area contributed by atoms with Gasteiger partial charge in [-0.1, -0.05) is 35.9 Å². The minimum Gasteiger partial charge on any atom is -0.355 e. The van der Waals surface area contributed by atoms with Crippen molar-refractivity contribution in [3.8, 4) is 0 Å². The molecule has 27 heavy (non-hydrogen) atoms. The van der Waals surface area contributed by atoms with Gasteiger partial charge in [-0.3, -0.25) is 14.4 Å². The van der Waals surface area contributed by atoms with Gasteiger partial charge in [0.05, 0.1) is 0 Å². The third-order valence-electron chi connectivity index (χ3n) is 4.73. The van der Waals surface area contributed by atoms with Crippen LogP contribution in [-0.4, -0.2) is 24.1 Å². The van der Waals surface area contributed by atoms with E-state index >= 15 is 0 Å². The summed E-state index contributed by atoms with van der Waals surface area (Å²) in [6.07, 6.45) is 1.69. The minimum atomic E-state index is -1.01. The second-order valence-electron chi connectivity index (χ2n) is 6.81. The fourth-order valence-corrected chi connectivity index (χ4v) is 3.14. The summed E-state index contributed by atoms with van der Waals surface area (Å²) in [4.78, 5) is 36.6. The van der Waals surface area contributed by atoms with Crippen LogP contribution in [0.5, 0.6) is 0 Å². The van der Waals surface area contributed by atoms with Crippen LogP contribution >= 0.6 is 11.6 Å². The highest BCUT2D eigenvalue weighted by Crippen LogP contribution is 2.46. The number of halogens is 1. The molecule has 0 bridgehead atoms. The van der Waals surface area contributed by atoms with E-state index in [-0.39, 0.29) is 17.6 Å². The van der Waals surface area contributed by atoms with E-state index in [2.05, 4.69) is 10.6 Å². The average molecular weight is 385 g/mol. The zero-order valence-corrected chi connectivity index (χ0v) is 15.8. The van der Waals surface area contributed by atoms with Gasteiger partial charge >= 0.3 is 0 Å². The molecule has 0 heterocycles. The molecule has 2 aromatic rings. The fourth-order valence-electron chi connectivity index (χ4n) is 2.93. The number of carbonyl (C=O) groups excluding carboxylic acids is 3. The Bertz CT molecular complexity index is 891. The van der Waals surface area contributed by atoms with Crippen molar-refractivity contribution in [2.24, 2.45) is 5.41 Å². The normalized spacial score (nSPS) is 14.3. The number of hydrogen-bond donors (Lipinski definition) is 2. The molecule has 1 aliphatic rings. The van der Waals surface area contributed by atoms with Crippen molar-refractivity contribution in [1.29, 1.82) is 0 Å². The average Bonchev–Trinajstić information content (AvgIpc) is 3.44. The summed E-state index contributed by atoms with van der Waals surface area (Å²) in [6.45, 7) is 1.91. The molecule has 0 spiro atoms. The Kier molecular flexibility index (Phi) is 5.61. The number of nitrogens with one attached hydrogen (secondary N) is 2. The first kappa shape index (κ1) is 19.1. The second kappa shape index (κ2) is 7.92. The lowest BCUT2D eigenvalue weighted by molar-refractivity contribution is -0.134. The van der Waals surface area contributed by atoms with E-state index in [1.165, 1.54) is 6.92 Å². The van der Waals surface area contributed by atoms with Crippen LogP contribution in [0.2, 0.25) is 5.02 Å². The number of Topliss-reactive ketones (excluding diaryl/α,β-unsaturated/α-hetero) is 1. The molecule has 0 atom stereocenters. The molecule has 0 saturated heterocycles. The Hall–Kier alpha value is -2.66. The molecule has 1 aliphatic carbocycles. The number of amides is 2. The molecule has 1 fully saturated rings. The molecule has 2 N–H and O–H groups in total. The Balaban J connectivity index is 1.57. The molecule has 0 unspecified atom stereocenters. The highest BCUT2D eigenvalue weighted by Gasteiger charge is 2.56. The van der Waals surface area contributed by atoms with Crippen molar-refractivity contribution in [3.63, 3.8) is 0 Å². The van der Waals surface area contributed by atoms with Crippen molar-refractivity contribution in [2.75, 3.05) is 11.9 Å². The molecule has 2 aromatic carbocycles. The molecule has 6 heteroatoms. The summed E-state index contributed by atoms with van der Waals surface area (Å²) in [6, 6.07) is 14.2. The minimum absolute atomic E-state index is 0.0778. The lowest BCUT2D eigenvalue weighted by atomic mass is 10.0. The van der Waals surface area contributed by atoms with Crippen LogP contribution in [0.15, 0.2) is 48.5 Å². The Morgan fingerprint density at radius 3 is 2.44 bits per heavy atom. The third kappa shape index (κ3) is 4.55. The quantitative estimate of drug-likeness (QED) is 0.565. The predicted octanol–water partition coefficient (Wildman–Crippen LogP) is 3.62. The molecule has 0 radical (unpaired) electrons. The molecule has 140 valence electrons. The van der Waals surface area contributed by atoms with E-state index in [1.54, 1.807) is 30.3 Å². The highest BCUT2D eigenvalue weighted by molar-refractivity contribution is 6.30. The van der Waals surface area contributed by atoms with Gasteiger partial charge in [0.2, 0.25) is 11.8 Å². The van der Waals surface area contributed by atoms with Crippen molar-refractivity contribution < 1.29 is 14.4 Å². The van der Waals surface area contributed by atoms with Crippen LogP contribution in [-0.2, 0) is 16.0 Å². The van der Waals surface area contributed by atoms with Gasteiger partial charge in [0, 0.05) is 22.8 Å². The van der Waals surface area contributed by atoms with Gasteiger partial charge < -0.3 is 10.6 Å². The van der Waals surface area contributed by atoms with Crippen molar-refractivity contribution in [1.82, 2.24) is 5.32 Å². The molecule has 0 aliphatic heterocycles. The van der Waals surface area contributed by atoms with Crippen LogP contribution in [0.3, 0.4) is 0 Å². The molecule has 2 amide bonds. The first-order valence-electron chi connectivity index (χ1n) is 8.86. The molecular weight excluding hydrogens is 364 g/mol. The number of benzene rings is 2. The maximum absolute atomic E-state index is 12.6. The van der Waals surface area contributed by atoms with Gasteiger partial charge in [0.15, 0.2) is 5.78 Å². The van der Waals surface area contributed by atoms with Crippen LogP contribution in [0, 0.1) is 5.41 Å². The summed E-state index contributed by atoms with van der Waals surface area (Å²) in [5.41, 5.74) is 1.05. The van der Waals surface area contributed by atoms with Crippen molar-refractivity contribution in [3.05, 3.63) is 64.7 Å². The maximum atomic E-state index is 12.6. The molecule has 5 nitrogen and oxygen atoms in total. The van der Waals surface area contributed by atoms with Gasteiger partial charge in [-0.15, -0.1) is 0 Å². The zero-order chi connectivity index (χ0) is 19.4. The summed E-state index contributed by atoms with van der Waals surface area (Å²) >= 11 is 5.96. The van der Waals surface area contributed by atoms with Crippen LogP contribution in [0.25, 0.3) is 0 Å². The maximum Gasteiger partial charge on any atom is 0.240 e. The zero-order valence-electron chi connectivity index (χ0n) is 15.0. The number of ketones is 1. The summed E-state index contributed by atoms with van der Waals surface area (Å²) < 4.78 is 0. The smallest absolute Gasteiger partial charge is 0.240 e. The van der Waals surface area contributed by atoms with E-state index in [0.717, 1.165) is 5.56 Å². The van der Waals surface area contributed by atoms with E-state index in [1.807, 2.05) is 18.2 Å². The van der Waals surface area contributed by atoms with Crippen LogP contribution in [0.1, 0.15) is 35.7 Å². The summed E-state index contributed by atoms with van der Waals surface area (Å²) in [5, 5.41) is 6.28. The fraction of sp³-hybridized carbons (Fsp3) is 0.286. The molecule has 1 saturated carbocycles. The molecule has 0 aromatic heterocycles. The molecular formula is C21H21ClN2O3. The second-order valence-corrected chi connectivity index (χ2v) is 7.25. The van der Waals surface area contributed by atoms with E-state index in [0.29, 0.717) is 42.1 Å². The first-order valence-corrected chi connectivity index (χ1v) is 9.24. The number of carbonyl (C=O) groups is 3. The first-order chi connectivity index (χ1) is 12.9. The number of rotatable bonds is 7. The standard InChI is InChI=1S/C21H21ClN2O3/c1-14(25)16-5-3-7-18(13-16)24-20(27)21(9-10-21)19(26)23-11-8-15-4-2-6-17(22)12-15/h2-7,12-13H,8-11H2,1H3,(H,23,26)(H,24,27). The monoisotopic (exact) mass is 384 g/mol. The number of anilines is 1. The predicted molar refractivity (Wildman–Crippen MR) is 105 cm³/mol. The Labute approximate surface area is 163 Å². The van der Waals surface area contributed by atoms with Gasteiger partial charge in [-0.05, 0) is 56.0 Å². The van der Waals surface area contributed by atoms with Gasteiger partial charge in [-0.2, -0.15) is 0 Å². The van der Waals surface area contributed by atoms with Crippen LogP contribution < -0.4 is 10.6 Å². The van der Waals surface area contributed by atoms with Gasteiger partial charge in [0.1, 0.15) is 5.41 Å². The highest BCUT2D eigenvalue weighted by atomic mass is 35.5. The van der Waals surface area contributed by atoms with Gasteiger partial charge in [0.25, 0.3) is 0 Å². The molecule has 3 rings (SSSR count). The van der Waals surface area contributed by atoms with Crippen LogP contribution in [0.4, 0.5) is 5.69 Å². The SMILES string of the molecule is CC(=O)c1cccc(NC(=O)C2(C(=O)NCCc3cccc(Cl)c3)CC2)c1. The topological polar surface area (TPSA) is 75.3 Å². The summed E-state index contributed by atoms with van der Waals surface area (Å²) in [5.74, 6) is -0.667. The van der Waals surface area contributed by atoms with Crippen molar-refractivity contribution >= 4 is 34.9 Å². The Morgan fingerprint density at radius 1 is 1.04 bits per heavy atom. The van der Waals surface area contributed by atoms with E-state index in [9.17, 15) is 14.4 Å². The Morgan fingerprint density at radius 2 is 1.78 bits per heavy atom. The van der Waals surface area contributed by atoms with E-state index in [4.69, 9.17) is 11.6 Å². The summed E-state index contributed by atoms with van der Waals surface area (Å²) in [7, 11) is 0. The number of hydrogen-bond acceptors (Lipinski definition) is 3.